The maximum Gasteiger partial charge on any atom is 0.358 e. The van der Waals surface area contributed by atoms with E-state index in [9.17, 15) is 9.59 Å². The Bertz CT molecular complexity index is 1070. The fourth-order valence-corrected chi connectivity index (χ4v) is 4.20. The number of thiazole rings is 1. The van der Waals surface area contributed by atoms with Crippen LogP contribution >= 0.6 is 11.3 Å². The van der Waals surface area contributed by atoms with E-state index in [-0.39, 0.29) is 24.2 Å². The van der Waals surface area contributed by atoms with Crippen molar-refractivity contribution in [1.29, 1.82) is 0 Å². The predicted octanol–water partition coefficient (Wildman–Crippen LogP) is 4.73. The average molecular weight is 451 g/mol. The number of amides is 1. The van der Waals surface area contributed by atoms with Crippen LogP contribution in [0.3, 0.4) is 0 Å². The molecule has 6 nitrogen and oxygen atoms in total. The fourth-order valence-electron chi connectivity index (χ4n) is 3.40. The van der Waals surface area contributed by atoms with Crippen molar-refractivity contribution in [2.75, 3.05) is 13.7 Å². The van der Waals surface area contributed by atoms with Crippen molar-refractivity contribution in [3.63, 3.8) is 0 Å². The second kappa shape index (κ2) is 9.96. The third-order valence-corrected chi connectivity index (χ3v) is 6.36. The summed E-state index contributed by atoms with van der Waals surface area (Å²) in [6.07, 6.45) is 2.92. The number of benzene rings is 2. The molecule has 0 bridgehead atoms. The van der Waals surface area contributed by atoms with Gasteiger partial charge in [0.15, 0.2) is 12.3 Å². The molecule has 2 aromatic carbocycles. The molecule has 1 aliphatic carbocycles. The number of nitrogens with zero attached hydrogens (tertiary/aromatic N) is 2. The Hall–Kier alpha value is -3.19. The Morgan fingerprint density at radius 1 is 1.06 bits per heavy atom. The van der Waals surface area contributed by atoms with Crippen LogP contribution in [0.25, 0.3) is 10.6 Å². The number of ether oxygens (including phenoxy) is 2. The van der Waals surface area contributed by atoms with Crippen LogP contribution in [0.5, 0.6) is 5.75 Å². The lowest BCUT2D eigenvalue weighted by molar-refractivity contribution is -0.135. The molecule has 166 valence electrons. The minimum absolute atomic E-state index is 0.192. The van der Waals surface area contributed by atoms with Crippen LogP contribution in [-0.2, 0) is 22.5 Å². The van der Waals surface area contributed by atoms with Crippen LogP contribution in [0.2, 0.25) is 0 Å². The van der Waals surface area contributed by atoms with Crippen LogP contribution in [0.15, 0.2) is 53.9 Å². The third kappa shape index (κ3) is 5.34. The van der Waals surface area contributed by atoms with Gasteiger partial charge in [0.2, 0.25) is 0 Å². The zero-order chi connectivity index (χ0) is 22.5. The number of hydrogen-bond acceptors (Lipinski definition) is 6. The molecular weight excluding hydrogens is 424 g/mol. The van der Waals surface area contributed by atoms with E-state index in [1.165, 1.54) is 16.9 Å². The molecule has 1 aromatic heterocycles. The standard InChI is InChI=1S/C25H26N2O4S/c1-3-17-4-8-19(9-5-17)24-26-22(16-32-24)25(29)31-15-23(28)27(20-10-11-20)14-18-6-12-21(30-2)13-7-18/h4-9,12-13,16,20H,3,10-11,14-15H2,1-2H3. The monoisotopic (exact) mass is 450 g/mol. The summed E-state index contributed by atoms with van der Waals surface area (Å²) >= 11 is 1.39. The highest BCUT2D eigenvalue weighted by molar-refractivity contribution is 7.13. The van der Waals surface area contributed by atoms with Crippen molar-refractivity contribution in [2.24, 2.45) is 0 Å². The summed E-state index contributed by atoms with van der Waals surface area (Å²) in [5, 5.41) is 2.43. The van der Waals surface area contributed by atoms with Gasteiger partial charge in [-0.3, -0.25) is 4.79 Å². The summed E-state index contributed by atoms with van der Waals surface area (Å²) < 4.78 is 10.5. The molecule has 4 rings (SSSR count). The second-order valence-corrected chi connectivity index (χ2v) is 8.62. The number of hydrogen-bond donors (Lipinski definition) is 0. The Balaban J connectivity index is 1.35. The lowest BCUT2D eigenvalue weighted by Gasteiger charge is -2.22. The molecule has 3 aromatic rings. The molecule has 7 heteroatoms. The van der Waals surface area contributed by atoms with E-state index in [0.29, 0.717) is 6.54 Å². The number of esters is 1. The molecule has 0 atom stereocenters. The van der Waals surface area contributed by atoms with Crippen molar-refractivity contribution in [3.8, 4) is 16.3 Å². The summed E-state index contributed by atoms with van der Waals surface area (Å²) in [5.41, 5.74) is 3.45. The summed E-state index contributed by atoms with van der Waals surface area (Å²) in [4.78, 5) is 31.4. The largest absolute Gasteiger partial charge is 0.497 e. The number of rotatable bonds is 9. The Morgan fingerprint density at radius 2 is 1.75 bits per heavy atom. The predicted molar refractivity (Wildman–Crippen MR) is 124 cm³/mol. The molecular formula is C25H26N2O4S. The minimum atomic E-state index is -0.578. The fraction of sp³-hybridized carbons (Fsp3) is 0.320. The van der Waals surface area contributed by atoms with Crippen LogP contribution in [0.4, 0.5) is 0 Å². The molecule has 0 aliphatic heterocycles. The molecule has 0 unspecified atom stereocenters. The molecule has 1 amide bonds. The number of carbonyl (C=O) groups is 2. The Morgan fingerprint density at radius 3 is 2.38 bits per heavy atom. The first-order valence-corrected chi connectivity index (χ1v) is 11.6. The van der Waals surface area contributed by atoms with Gasteiger partial charge in [0, 0.05) is 23.5 Å². The SMILES string of the molecule is CCc1ccc(-c2nc(C(=O)OCC(=O)N(Cc3ccc(OC)cc3)C3CC3)cs2)cc1. The van der Waals surface area contributed by atoms with E-state index in [0.717, 1.165) is 41.1 Å². The van der Waals surface area contributed by atoms with Crippen LogP contribution in [0.1, 0.15) is 41.4 Å². The number of methoxy groups -OCH3 is 1. The lowest BCUT2D eigenvalue weighted by Crippen LogP contribution is -2.36. The topological polar surface area (TPSA) is 68.7 Å². The second-order valence-electron chi connectivity index (χ2n) is 7.77. The van der Waals surface area contributed by atoms with Gasteiger partial charge in [-0.1, -0.05) is 43.3 Å². The number of carbonyl (C=O) groups excluding carboxylic acids is 2. The van der Waals surface area contributed by atoms with E-state index in [4.69, 9.17) is 9.47 Å². The molecule has 0 saturated heterocycles. The summed E-state index contributed by atoms with van der Waals surface area (Å²) in [6.45, 7) is 2.30. The van der Waals surface area contributed by atoms with Crippen LogP contribution in [0, 0.1) is 0 Å². The van der Waals surface area contributed by atoms with Gasteiger partial charge in [-0.2, -0.15) is 0 Å². The van der Waals surface area contributed by atoms with Gasteiger partial charge in [0.05, 0.1) is 7.11 Å². The molecule has 0 spiro atoms. The molecule has 32 heavy (non-hydrogen) atoms. The van der Waals surface area contributed by atoms with E-state index < -0.39 is 5.97 Å². The molecule has 0 N–H and O–H groups in total. The van der Waals surface area contributed by atoms with Gasteiger partial charge in [-0.15, -0.1) is 11.3 Å². The van der Waals surface area contributed by atoms with E-state index in [2.05, 4.69) is 24.0 Å². The van der Waals surface area contributed by atoms with Crippen molar-refractivity contribution < 1.29 is 19.1 Å². The smallest absolute Gasteiger partial charge is 0.358 e. The highest BCUT2D eigenvalue weighted by atomic mass is 32.1. The lowest BCUT2D eigenvalue weighted by atomic mass is 10.1. The van der Waals surface area contributed by atoms with Gasteiger partial charge >= 0.3 is 5.97 Å². The number of aryl methyl sites for hydroxylation is 1. The first kappa shape index (κ1) is 22.0. The molecule has 1 saturated carbocycles. The molecule has 0 radical (unpaired) electrons. The van der Waals surface area contributed by atoms with Gasteiger partial charge in [0.1, 0.15) is 10.8 Å². The van der Waals surface area contributed by atoms with Crippen molar-refractivity contribution in [1.82, 2.24) is 9.88 Å². The first-order valence-electron chi connectivity index (χ1n) is 10.7. The Labute approximate surface area is 191 Å². The van der Waals surface area contributed by atoms with Gasteiger partial charge in [-0.25, -0.2) is 9.78 Å². The average Bonchev–Trinajstić information content (AvgIpc) is 3.56. The first-order chi connectivity index (χ1) is 15.6. The van der Waals surface area contributed by atoms with Crippen molar-refractivity contribution in [3.05, 3.63) is 70.7 Å². The van der Waals surface area contributed by atoms with Crippen molar-refractivity contribution >= 4 is 23.2 Å². The maximum atomic E-state index is 12.8. The van der Waals surface area contributed by atoms with Crippen molar-refractivity contribution in [2.45, 2.75) is 38.8 Å². The molecule has 1 heterocycles. The van der Waals surface area contributed by atoms with E-state index in [1.54, 1.807) is 17.4 Å². The summed E-state index contributed by atoms with van der Waals surface area (Å²) in [5.74, 6) is 0.00409. The zero-order valence-electron chi connectivity index (χ0n) is 18.2. The minimum Gasteiger partial charge on any atom is -0.497 e. The third-order valence-electron chi connectivity index (χ3n) is 5.47. The van der Waals surface area contributed by atoms with Gasteiger partial charge in [-0.05, 0) is 42.5 Å². The highest BCUT2D eigenvalue weighted by Gasteiger charge is 2.33. The van der Waals surface area contributed by atoms with Crippen LogP contribution in [-0.4, -0.2) is 41.5 Å². The number of aromatic nitrogens is 1. The quantitative estimate of drug-likeness (QED) is 0.441. The summed E-state index contributed by atoms with van der Waals surface area (Å²) in [6, 6.07) is 16.0. The van der Waals surface area contributed by atoms with Crippen LogP contribution < -0.4 is 4.74 Å². The normalized spacial score (nSPS) is 12.9. The van der Waals surface area contributed by atoms with Gasteiger partial charge in [0.25, 0.3) is 5.91 Å². The highest BCUT2D eigenvalue weighted by Crippen LogP contribution is 2.29. The molecule has 1 fully saturated rings. The van der Waals surface area contributed by atoms with Gasteiger partial charge < -0.3 is 14.4 Å². The maximum absolute atomic E-state index is 12.8. The summed E-state index contributed by atoms with van der Waals surface area (Å²) in [7, 11) is 1.62. The zero-order valence-corrected chi connectivity index (χ0v) is 19.1. The van der Waals surface area contributed by atoms with E-state index >= 15 is 0 Å². The molecule has 1 aliphatic rings. The van der Waals surface area contributed by atoms with E-state index in [1.807, 2.05) is 36.4 Å². The Kier molecular flexibility index (Phi) is 6.85.